The lowest BCUT2D eigenvalue weighted by Gasteiger charge is -2.36. The minimum atomic E-state index is -3.68. The minimum Gasteiger partial charge on any atom is -0.443 e. The highest BCUT2D eigenvalue weighted by molar-refractivity contribution is 7.88. The molecule has 1 aromatic heterocycles. The highest BCUT2D eigenvalue weighted by atomic mass is 32.2. The van der Waals surface area contributed by atoms with Crippen LogP contribution in [0, 0.1) is 0 Å². The molecule has 4 aromatic rings. The van der Waals surface area contributed by atoms with Crippen LogP contribution in [0.3, 0.4) is 0 Å². The predicted molar refractivity (Wildman–Crippen MR) is 141 cm³/mol. The maximum atomic E-state index is 13.8. The molecule has 1 atom stereocenters. The molecule has 3 aromatic carbocycles. The van der Waals surface area contributed by atoms with E-state index in [0.717, 1.165) is 27.6 Å². The van der Waals surface area contributed by atoms with Gasteiger partial charge in [-0.3, -0.25) is 4.57 Å². The number of hydrogen-bond acceptors (Lipinski definition) is 4. The topological polar surface area (TPSA) is 68.6 Å². The van der Waals surface area contributed by atoms with E-state index in [1.807, 2.05) is 93.6 Å². The molecule has 0 radical (unpaired) electrons. The van der Waals surface area contributed by atoms with Crippen molar-refractivity contribution in [2.45, 2.75) is 44.6 Å². The number of ether oxygens (including phenoxy) is 1. The molecular formula is C29H30N2O4S. The molecule has 0 spiro atoms. The van der Waals surface area contributed by atoms with Crippen LogP contribution < -0.4 is 0 Å². The third-order valence-corrected chi connectivity index (χ3v) is 8.22. The van der Waals surface area contributed by atoms with E-state index in [0.29, 0.717) is 18.5 Å². The van der Waals surface area contributed by atoms with Crippen LogP contribution in [0.25, 0.3) is 10.9 Å². The van der Waals surface area contributed by atoms with Crippen molar-refractivity contribution >= 4 is 27.0 Å². The third kappa shape index (κ3) is 4.68. The fraction of sp³-hybridized carbons (Fsp3) is 0.276. The third-order valence-electron chi connectivity index (χ3n) is 6.42. The Labute approximate surface area is 212 Å². The van der Waals surface area contributed by atoms with Crippen LogP contribution in [0.5, 0.6) is 0 Å². The van der Waals surface area contributed by atoms with Gasteiger partial charge in [0.2, 0.25) is 10.0 Å². The van der Waals surface area contributed by atoms with Crippen molar-refractivity contribution < 1.29 is 17.9 Å². The van der Waals surface area contributed by atoms with Crippen molar-refractivity contribution in [1.29, 1.82) is 0 Å². The molecule has 5 rings (SSSR count). The predicted octanol–water partition coefficient (Wildman–Crippen LogP) is 5.90. The number of sulfonamides is 1. The number of benzene rings is 3. The summed E-state index contributed by atoms with van der Waals surface area (Å²) in [6.45, 7) is 5.84. The molecule has 1 aliphatic heterocycles. The summed E-state index contributed by atoms with van der Waals surface area (Å²) in [4.78, 5) is 13.1. The van der Waals surface area contributed by atoms with Gasteiger partial charge in [-0.05, 0) is 49.9 Å². The summed E-state index contributed by atoms with van der Waals surface area (Å²) >= 11 is 0. The van der Waals surface area contributed by atoms with E-state index in [9.17, 15) is 13.2 Å². The van der Waals surface area contributed by atoms with Gasteiger partial charge in [-0.25, -0.2) is 13.2 Å². The standard InChI is InChI=1S/C29H30N2O4S/c1-29(2,3)35-28(32)30-19-25(24-15-9-10-16-26(24)30)27-23-14-8-7-13-22(23)17-18-31(27)36(33,34)20-21-11-5-4-6-12-21/h4-16,19,27H,17-18,20H2,1-3H3/t27-/m1/s1. The first-order valence-corrected chi connectivity index (χ1v) is 13.7. The van der Waals surface area contributed by atoms with Crippen molar-refractivity contribution in [2.24, 2.45) is 0 Å². The van der Waals surface area contributed by atoms with Crippen molar-refractivity contribution in [3.63, 3.8) is 0 Å². The fourth-order valence-corrected chi connectivity index (χ4v) is 6.62. The summed E-state index contributed by atoms with van der Waals surface area (Å²) in [6.07, 6.45) is 1.88. The number of para-hydroxylation sites is 1. The number of carbonyl (C=O) groups is 1. The van der Waals surface area contributed by atoms with E-state index in [4.69, 9.17) is 4.74 Å². The van der Waals surface area contributed by atoms with Crippen LogP contribution in [0.2, 0.25) is 0 Å². The Morgan fingerprint density at radius 3 is 2.33 bits per heavy atom. The lowest BCUT2D eigenvalue weighted by molar-refractivity contribution is 0.0544. The number of aromatic nitrogens is 1. The lowest BCUT2D eigenvalue weighted by atomic mass is 9.90. The van der Waals surface area contributed by atoms with Gasteiger partial charge in [0.25, 0.3) is 0 Å². The molecule has 0 saturated heterocycles. The largest absolute Gasteiger partial charge is 0.443 e. The van der Waals surface area contributed by atoms with Crippen LogP contribution in [-0.2, 0) is 26.9 Å². The van der Waals surface area contributed by atoms with Crippen molar-refractivity contribution in [3.8, 4) is 0 Å². The minimum absolute atomic E-state index is 0.0861. The van der Waals surface area contributed by atoms with Gasteiger partial charge in [0, 0.05) is 23.7 Å². The molecule has 0 N–H and O–H groups in total. The van der Waals surface area contributed by atoms with Gasteiger partial charge >= 0.3 is 6.09 Å². The maximum Gasteiger partial charge on any atom is 0.419 e. The quantitative estimate of drug-likeness (QED) is 0.348. The second-order valence-corrected chi connectivity index (χ2v) is 12.1. The summed E-state index contributed by atoms with van der Waals surface area (Å²) in [5.74, 6) is -0.0861. The molecule has 0 saturated carbocycles. The highest BCUT2D eigenvalue weighted by Crippen LogP contribution is 2.41. The zero-order chi connectivity index (χ0) is 25.5. The Kier molecular flexibility index (Phi) is 6.22. The van der Waals surface area contributed by atoms with Gasteiger partial charge in [-0.15, -0.1) is 0 Å². The Hall–Kier alpha value is -3.42. The average molecular weight is 503 g/mol. The molecule has 2 heterocycles. The lowest BCUT2D eigenvalue weighted by Crippen LogP contribution is -2.41. The Morgan fingerprint density at radius 2 is 1.58 bits per heavy atom. The van der Waals surface area contributed by atoms with Gasteiger partial charge < -0.3 is 4.74 Å². The van der Waals surface area contributed by atoms with Gasteiger partial charge in [0.05, 0.1) is 17.3 Å². The Morgan fingerprint density at radius 1 is 0.917 bits per heavy atom. The first kappa shape index (κ1) is 24.3. The van der Waals surface area contributed by atoms with Crippen molar-refractivity contribution in [1.82, 2.24) is 8.87 Å². The molecule has 36 heavy (non-hydrogen) atoms. The average Bonchev–Trinajstić information content (AvgIpc) is 3.22. The molecule has 1 aliphatic rings. The summed E-state index contributed by atoms with van der Waals surface area (Å²) in [5, 5.41) is 0.824. The molecule has 0 amide bonds. The zero-order valence-electron chi connectivity index (χ0n) is 20.7. The molecule has 6 nitrogen and oxygen atoms in total. The molecule has 0 aliphatic carbocycles. The number of fused-ring (bicyclic) bond motifs is 2. The van der Waals surface area contributed by atoms with E-state index in [1.54, 1.807) is 10.5 Å². The summed E-state index contributed by atoms with van der Waals surface area (Å²) in [6, 6.07) is 24.2. The maximum absolute atomic E-state index is 13.8. The van der Waals surface area contributed by atoms with Gasteiger partial charge in [-0.2, -0.15) is 4.31 Å². The molecule has 0 unspecified atom stereocenters. The fourth-order valence-electron chi connectivity index (χ4n) is 4.92. The second-order valence-electron chi connectivity index (χ2n) is 10.2. The van der Waals surface area contributed by atoms with E-state index < -0.39 is 27.8 Å². The van der Waals surface area contributed by atoms with E-state index >= 15 is 0 Å². The van der Waals surface area contributed by atoms with Crippen LogP contribution in [0.15, 0.2) is 85.1 Å². The van der Waals surface area contributed by atoms with Crippen LogP contribution in [0.4, 0.5) is 4.79 Å². The highest BCUT2D eigenvalue weighted by Gasteiger charge is 2.38. The summed E-state index contributed by atoms with van der Waals surface area (Å²) in [5.41, 5.74) is 3.58. The second kappa shape index (κ2) is 9.22. The zero-order valence-corrected chi connectivity index (χ0v) is 21.5. The van der Waals surface area contributed by atoms with E-state index in [-0.39, 0.29) is 5.75 Å². The normalized spacial score (nSPS) is 16.6. The first-order chi connectivity index (χ1) is 17.1. The Bertz CT molecular complexity index is 1520. The van der Waals surface area contributed by atoms with Gasteiger partial charge in [-0.1, -0.05) is 72.8 Å². The van der Waals surface area contributed by atoms with Crippen LogP contribution in [0.1, 0.15) is 49.1 Å². The van der Waals surface area contributed by atoms with Crippen LogP contribution in [-0.4, -0.2) is 35.5 Å². The first-order valence-electron chi connectivity index (χ1n) is 12.1. The number of hydrogen-bond donors (Lipinski definition) is 0. The monoisotopic (exact) mass is 502 g/mol. The van der Waals surface area contributed by atoms with Crippen LogP contribution >= 0.6 is 0 Å². The number of carbonyl (C=O) groups excluding carboxylic acids is 1. The molecule has 0 bridgehead atoms. The molecular weight excluding hydrogens is 472 g/mol. The van der Waals surface area contributed by atoms with E-state index in [1.165, 1.54) is 4.57 Å². The molecule has 0 fully saturated rings. The Balaban J connectivity index is 1.67. The van der Waals surface area contributed by atoms with E-state index in [2.05, 4.69) is 6.07 Å². The molecule has 186 valence electrons. The van der Waals surface area contributed by atoms with Crippen molar-refractivity contribution in [3.05, 3.63) is 107 Å². The van der Waals surface area contributed by atoms with Crippen molar-refractivity contribution in [2.75, 3.05) is 6.54 Å². The smallest absolute Gasteiger partial charge is 0.419 e. The number of nitrogens with zero attached hydrogens (tertiary/aromatic N) is 2. The van der Waals surface area contributed by atoms with Gasteiger partial charge in [0.15, 0.2) is 0 Å². The SMILES string of the molecule is CC(C)(C)OC(=O)n1cc([C@H]2c3ccccc3CCN2S(=O)(=O)Cc2ccccc2)c2ccccc21. The summed E-state index contributed by atoms with van der Waals surface area (Å²) < 4.78 is 36.4. The summed E-state index contributed by atoms with van der Waals surface area (Å²) in [7, 11) is -3.68. The van der Waals surface area contributed by atoms with Gasteiger partial charge in [0.1, 0.15) is 5.60 Å². The molecule has 7 heteroatoms. The number of rotatable bonds is 4.